The summed E-state index contributed by atoms with van der Waals surface area (Å²) >= 11 is 0. The molecule has 28 heavy (non-hydrogen) atoms. The fraction of sp³-hybridized carbons (Fsp3) is 0.429. The summed E-state index contributed by atoms with van der Waals surface area (Å²) in [5.74, 6) is -0.499. The van der Waals surface area contributed by atoms with Crippen molar-refractivity contribution in [3.05, 3.63) is 59.1 Å². The summed E-state index contributed by atoms with van der Waals surface area (Å²) < 4.78 is 10.9. The smallest absolute Gasteiger partial charge is 0.290 e. The molecule has 1 N–H and O–H groups in total. The van der Waals surface area contributed by atoms with E-state index < -0.39 is 23.5 Å². The molecule has 0 bridgehead atoms. The molecule has 1 aliphatic heterocycles. The molecule has 0 saturated carbocycles. The van der Waals surface area contributed by atoms with Crippen LogP contribution in [0.4, 0.5) is 0 Å². The third kappa shape index (κ3) is 3.75. The Labute approximate surface area is 164 Å². The number of rotatable bonds is 9. The summed E-state index contributed by atoms with van der Waals surface area (Å²) in [4.78, 5) is 29.5. The van der Waals surface area contributed by atoms with E-state index in [9.17, 15) is 14.7 Å². The Morgan fingerprint density at radius 2 is 2.00 bits per heavy atom. The first-order valence-corrected chi connectivity index (χ1v) is 9.58. The number of ketones is 1. The van der Waals surface area contributed by atoms with Crippen molar-refractivity contribution in [3.8, 4) is 0 Å². The van der Waals surface area contributed by atoms with Crippen molar-refractivity contribution in [2.75, 3.05) is 26.2 Å². The Morgan fingerprint density at radius 3 is 2.57 bits per heavy atom. The Kier molecular flexibility index (Phi) is 6.04. The first-order valence-electron chi connectivity index (χ1n) is 9.58. The third-order valence-electron chi connectivity index (χ3n) is 5.09. The minimum absolute atomic E-state index is 0.00265. The SMILES string of the molecule is CCN(CC)CCCN1C(=O)C(O)=C(C(=O)c2ccc(C)o2)[C@H]1c1ccco1. The van der Waals surface area contributed by atoms with Gasteiger partial charge in [-0.25, -0.2) is 0 Å². The molecule has 2 aromatic heterocycles. The lowest BCUT2D eigenvalue weighted by atomic mass is 9.99. The molecule has 3 heterocycles. The summed E-state index contributed by atoms with van der Waals surface area (Å²) in [5.41, 5.74) is -0.00265. The maximum Gasteiger partial charge on any atom is 0.290 e. The second-order valence-corrected chi connectivity index (χ2v) is 6.80. The summed E-state index contributed by atoms with van der Waals surface area (Å²) in [6.07, 6.45) is 2.21. The van der Waals surface area contributed by atoms with Crippen molar-refractivity contribution in [3.63, 3.8) is 0 Å². The summed E-state index contributed by atoms with van der Waals surface area (Å²) in [7, 11) is 0. The van der Waals surface area contributed by atoms with Crippen LogP contribution in [0.25, 0.3) is 0 Å². The van der Waals surface area contributed by atoms with Crippen LogP contribution in [0, 0.1) is 6.92 Å². The van der Waals surface area contributed by atoms with Gasteiger partial charge in [-0.15, -0.1) is 0 Å². The van der Waals surface area contributed by atoms with E-state index in [2.05, 4.69) is 18.7 Å². The molecule has 150 valence electrons. The van der Waals surface area contributed by atoms with Crippen LogP contribution >= 0.6 is 0 Å². The zero-order chi connectivity index (χ0) is 20.3. The molecule has 3 rings (SSSR count). The van der Waals surface area contributed by atoms with E-state index in [0.29, 0.717) is 18.1 Å². The summed E-state index contributed by atoms with van der Waals surface area (Å²) in [5, 5.41) is 10.5. The van der Waals surface area contributed by atoms with Crippen LogP contribution in [0.3, 0.4) is 0 Å². The van der Waals surface area contributed by atoms with Crippen molar-refractivity contribution in [2.24, 2.45) is 0 Å². The molecule has 0 fully saturated rings. The molecular formula is C21H26N2O5. The van der Waals surface area contributed by atoms with Crippen molar-refractivity contribution in [1.29, 1.82) is 0 Å². The third-order valence-corrected chi connectivity index (χ3v) is 5.09. The molecule has 0 unspecified atom stereocenters. The van der Waals surface area contributed by atoms with Gasteiger partial charge in [-0.1, -0.05) is 13.8 Å². The number of hydrogen-bond donors (Lipinski definition) is 1. The number of carbonyl (C=O) groups is 2. The molecule has 2 aromatic rings. The number of amides is 1. The van der Waals surface area contributed by atoms with Crippen molar-refractivity contribution < 1.29 is 23.5 Å². The zero-order valence-electron chi connectivity index (χ0n) is 16.5. The molecule has 1 atom stereocenters. The Balaban J connectivity index is 1.88. The highest BCUT2D eigenvalue weighted by Crippen LogP contribution is 2.39. The van der Waals surface area contributed by atoms with E-state index in [0.717, 1.165) is 26.1 Å². The molecule has 0 radical (unpaired) electrons. The lowest BCUT2D eigenvalue weighted by Crippen LogP contribution is -2.34. The molecular weight excluding hydrogens is 360 g/mol. The number of aliphatic hydroxyl groups is 1. The number of carbonyl (C=O) groups excluding carboxylic acids is 2. The molecule has 7 nitrogen and oxygen atoms in total. The monoisotopic (exact) mass is 386 g/mol. The topological polar surface area (TPSA) is 87.1 Å². The highest BCUT2D eigenvalue weighted by molar-refractivity contribution is 6.14. The summed E-state index contributed by atoms with van der Waals surface area (Å²) in [6, 6.07) is 5.85. The first-order chi connectivity index (χ1) is 13.5. The van der Waals surface area contributed by atoms with Crippen LogP contribution in [-0.4, -0.2) is 52.8 Å². The van der Waals surface area contributed by atoms with Gasteiger partial charge in [-0.2, -0.15) is 0 Å². The molecule has 0 aromatic carbocycles. The average molecular weight is 386 g/mol. The maximum atomic E-state index is 13.0. The molecule has 1 aliphatic rings. The lowest BCUT2D eigenvalue weighted by molar-refractivity contribution is -0.129. The van der Waals surface area contributed by atoms with E-state index in [4.69, 9.17) is 8.83 Å². The highest BCUT2D eigenvalue weighted by Gasteiger charge is 2.45. The molecule has 1 amide bonds. The van der Waals surface area contributed by atoms with Crippen molar-refractivity contribution in [2.45, 2.75) is 33.2 Å². The van der Waals surface area contributed by atoms with Crippen molar-refractivity contribution in [1.82, 2.24) is 9.80 Å². The zero-order valence-corrected chi connectivity index (χ0v) is 16.5. The first kappa shape index (κ1) is 19.9. The van der Waals surface area contributed by atoms with Gasteiger partial charge in [0.15, 0.2) is 11.5 Å². The Bertz CT molecular complexity index is 861. The van der Waals surface area contributed by atoms with Crippen LogP contribution in [0.5, 0.6) is 0 Å². The van der Waals surface area contributed by atoms with Gasteiger partial charge in [0.05, 0.1) is 11.8 Å². The second kappa shape index (κ2) is 8.48. The van der Waals surface area contributed by atoms with Crippen LogP contribution in [0.15, 0.2) is 50.7 Å². The highest BCUT2D eigenvalue weighted by atomic mass is 16.3. The minimum Gasteiger partial charge on any atom is -0.503 e. The van der Waals surface area contributed by atoms with E-state index in [-0.39, 0.29) is 11.3 Å². The predicted octanol–water partition coefficient (Wildman–Crippen LogP) is 3.49. The maximum absolute atomic E-state index is 13.0. The average Bonchev–Trinajstić information content (AvgIpc) is 3.41. The van der Waals surface area contributed by atoms with Crippen LogP contribution in [0.2, 0.25) is 0 Å². The predicted molar refractivity (Wildman–Crippen MR) is 103 cm³/mol. The van der Waals surface area contributed by atoms with Crippen molar-refractivity contribution >= 4 is 11.7 Å². The van der Waals surface area contributed by atoms with Gasteiger partial charge in [0, 0.05) is 6.54 Å². The fourth-order valence-corrected chi connectivity index (χ4v) is 3.55. The Hall–Kier alpha value is -2.80. The lowest BCUT2D eigenvalue weighted by Gasteiger charge is -2.26. The number of hydrogen-bond acceptors (Lipinski definition) is 6. The number of aliphatic hydroxyl groups excluding tert-OH is 1. The number of nitrogens with zero attached hydrogens (tertiary/aromatic N) is 2. The Morgan fingerprint density at radius 1 is 1.25 bits per heavy atom. The summed E-state index contributed by atoms with van der Waals surface area (Å²) in [6.45, 7) is 8.99. The van der Waals surface area contributed by atoms with Gasteiger partial charge in [0.25, 0.3) is 5.91 Å². The van der Waals surface area contributed by atoms with E-state index in [1.165, 1.54) is 11.2 Å². The van der Waals surface area contributed by atoms with E-state index >= 15 is 0 Å². The number of Topliss-reactive ketones (excluding diaryl/α,β-unsaturated/α-hetero) is 1. The van der Waals surface area contributed by atoms with Gasteiger partial charge < -0.3 is 23.7 Å². The normalized spacial score (nSPS) is 17.2. The van der Waals surface area contributed by atoms with Gasteiger partial charge in [0.1, 0.15) is 17.6 Å². The molecule has 7 heteroatoms. The standard InChI is InChI=1S/C21H26N2O5/c1-4-22(5-2)11-7-12-23-18(15-8-6-13-27-15)17(20(25)21(23)26)19(24)16-10-9-14(3)28-16/h6,8-10,13,18,25H,4-5,7,11-12H2,1-3H3/t18-/m1/s1. The molecule has 0 aliphatic carbocycles. The minimum atomic E-state index is -0.767. The van der Waals surface area contributed by atoms with E-state index in [1.54, 1.807) is 31.2 Å². The van der Waals surface area contributed by atoms with Gasteiger partial charge in [-0.3, -0.25) is 9.59 Å². The second-order valence-electron chi connectivity index (χ2n) is 6.80. The molecule has 0 saturated heterocycles. The van der Waals surface area contributed by atoms with Gasteiger partial charge >= 0.3 is 0 Å². The van der Waals surface area contributed by atoms with E-state index in [1.807, 2.05) is 0 Å². The van der Waals surface area contributed by atoms with Gasteiger partial charge in [-0.05, 0) is 57.2 Å². The van der Waals surface area contributed by atoms with Crippen LogP contribution in [0.1, 0.15) is 48.4 Å². The number of furan rings is 2. The largest absolute Gasteiger partial charge is 0.503 e. The van der Waals surface area contributed by atoms with Crippen LogP contribution in [-0.2, 0) is 4.79 Å². The van der Waals surface area contributed by atoms with Crippen LogP contribution < -0.4 is 0 Å². The molecule has 0 spiro atoms. The van der Waals surface area contributed by atoms with Gasteiger partial charge in [0.2, 0.25) is 5.78 Å². The fourth-order valence-electron chi connectivity index (χ4n) is 3.55. The quantitative estimate of drug-likeness (QED) is 0.664. The number of aryl methyl sites for hydroxylation is 1.